The maximum Gasteiger partial charge on any atom is 0.205 e. The van der Waals surface area contributed by atoms with Gasteiger partial charge in [-0.05, 0) is 18.6 Å². The van der Waals surface area contributed by atoms with E-state index in [0.29, 0.717) is 6.61 Å². The summed E-state index contributed by atoms with van der Waals surface area (Å²) in [5.74, 6) is 1.57. The number of hydrogen-bond donors (Lipinski definition) is 1. The number of aromatic nitrogens is 2. The lowest BCUT2D eigenvalue weighted by Crippen LogP contribution is -2.08. The zero-order chi connectivity index (χ0) is 14.5. The van der Waals surface area contributed by atoms with Crippen molar-refractivity contribution in [3.8, 4) is 11.5 Å². The van der Waals surface area contributed by atoms with E-state index < -0.39 is 0 Å². The normalized spacial score (nSPS) is 17.3. The largest absolute Gasteiger partial charge is 0.490 e. The van der Waals surface area contributed by atoms with Crippen molar-refractivity contribution in [3.05, 3.63) is 29.3 Å². The van der Waals surface area contributed by atoms with Gasteiger partial charge in [-0.15, -0.1) is 10.2 Å². The van der Waals surface area contributed by atoms with Crippen molar-refractivity contribution >= 4 is 16.5 Å². The fourth-order valence-electron chi connectivity index (χ4n) is 2.14. The van der Waals surface area contributed by atoms with Gasteiger partial charge in [-0.1, -0.05) is 36.8 Å². The zero-order valence-corrected chi connectivity index (χ0v) is 12.9. The van der Waals surface area contributed by atoms with E-state index in [1.54, 1.807) is 11.3 Å². The third kappa shape index (κ3) is 3.44. The Bertz CT molecular complexity index is 588. The second-order valence-electron chi connectivity index (χ2n) is 4.92. The van der Waals surface area contributed by atoms with Crippen LogP contribution >= 0.6 is 11.3 Å². The van der Waals surface area contributed by atoms with E-state index >= 15 is 0 Å². The summed E-state index contributed by atoms with van der Waals surface area (Å²) >= 11 is 1.56. The number of unbranched alkanes of at least 4 members (excludes halogenated alkanes) is 1. The van der Waals surface area contributed by atoms with Crippen LogP contribution < -0.4 is 14.8 Å². The van der Waals surface area contributed by atoms with Crippen LogP contribution in [0.15, 0.2) is 24.3 Å². The van der Waals surface area contributed by atoms with Crippen molar-refractivity contribution in [1.29, 1.82) is 0 Å². The quantitative estimate of drug-likeness (QED) is 0.854. The number of anilines is 1. The predicted molar refractivity (Wildman–Crippen MR) is 83.2 cm³/mol. The summed E-state index contributed by atoms with van der Waals surface area (Å²) in [5, 5.41) is 13.5. The fraction of sp³-hybridized carbons (Fsp3) is 0.467. The maximum absolute atomic E-state index is 6.04. The lowest BCUT2D eigenvalue weighted by molar-refractivity contribution is 0.193. The molecule has 1 aliphatic rings. The van der Waals surface area contributed by atoms with Crippen LogP contribution in [0.3, 0.4) is 0 Å². The Balaban J connectivity index is 1.69. The summed E-state index contributed by atoms with van der Waals surface area (Å²) in [6.07, 6.45) is 2.99. The Morgan fingerprint density at radius 2 is 2.14 bits per heavy atom. The van der Waals surface area contributed by atoms with E-state index in [-0.39, 0.29) is 6.10 Å². The Hall–Kier alpha value is -1.82. The average Bonchev–Trinajstić information content (AvgIpc) is 2.86. The Labute approximate surface area is 128 Å². The van der Waals surface area contributed by atoms with Crippen LogP contribution in [0.25, 0.3) is 0 Å². The summed E-state index contributed by atoms with van der Waals surface area (Å²) in [5.41, 5.74) is 0. The van der Waals surface area contributed by atoms with Crippen LogP contribution in [0.1, 0.15) is 37.3 Å². The van der Waals surface area contributed by atoms with Gasteiger partial charge in [-0.2, -0.15) is 0 Å². The second kappa shape index (κ2) is 6.76. The lowest BCUT2D eigenvalue weighted by Gasteiger charge is -2.12. The van der Waals surface area contributed by atoms with Crippen molar-refractivity contribution in [3.63, 3.8) is 0 Å². The summed E-state index contributed by atoms with van der Waals surface area (Å²) in [4.78, 5) is 0. The highest BCUT2D eigenvalue weighted by molar-refractivity contribution is 7.15. The van der Waals surface area contributed by atoms with Crippen LogP contribution in [-0.4, -0.2) is 23.3 Å². The van der Waals surface area contributed by atoms with E-state index in [0.717, 1.165) is 41.0 Å². The predicted octanol–water partition coefficient (Wildman–Crippen LogP) is 3.65. The number of nitrogens with zero attached hydrogens (tertiary/aromatic N) is 2. The van der Waals surface area contributed by atoms with Gasteiger partial charge in [0.1, 0.15) is 0 Å². The minimum absolute atomic E-state index is 0.0899. The smallest absolute Gasteiger partial charge is 0.205 e. The van der Waals surface area contributed by atoms with Crippen molar-refractivity contribution in [2.24, 2.45) is 0 Å². The zero-order valence-electron chi connectivity index (χ0n) is 12.0. The standard InChI is InChI=1S/C15H19N3O2S/c1-2-3-9-16-15-18-17-14(21-15)13-8-10-19-11-6-4-5-7-12(11)20-13/h4-7,13H,2-3,8-10H2,1H3,(H,16,18). The number of rotatable bonds is 5. The first kappa shape index (κ1) is 14.1. The molecule has 1 atom stereocenters. The first-order chi connectivity index (χ1) is 10.4. The molecular formula is C15H19N3O2S. The lowest BCUT2D eigenvalue weighted by atomic mass is 10.3. The Kier molecular flexibility index (Phi) is 4.55. The van der Waals surface area contributed by atoms with E-state index in [1.807, 2.05) is 24.3 Å². The molecule has 0 amide bonds. The minimum Gasteiger partial charge on any atom is -0.490 e. The van der Waals surface area contributed by atoms with Crippen molar-refractivity contribution < 1.29 is 9.47 Å². The SMILES string of the molecule is CCCCNc1nnc(C2CCOc3ccccc3O2)s1. The number of ether oxygens (including phenoxy) is 2. The molecule has 112 valence electrons. The molecule has 3 rings (SSSR count). The molecule has 1 aromatic heterocycles. The fourth-order valence-corrected chi connectivity index (χ4v) is 2.97. The van der Waals surface area contributed by atoms with Crippen LogP contribution in [0.5, 0.6) is 11.5 Å². The van der Waals surface area contributed by atoms with E-state index in [2.05, 4.69) is 22.4 Å². The summed E-state index contributed by atoms with van der Waals surface area (Å²) in [6, 6.07) is 7.75. The molecule has 0 radical (unpaired) electrons. The molecular weight excluding hydrogens is 286 g/mol. The monoisotopic (exact) mass is 305 g/mol. The van der Waals surface area contributed by atoms with Crippen LogP contribution in [0.4, 0.5) is 5.13 Å². The van der Waals surface area contributed by atoms with Gasteiger partial charge < -0.3 is 14.8 Å². The van der Waals surface area contributed by atoms with Crippen molar-refractivity contribution in [2.45, 2.75) is 32.3 Å². The van der Waals surface area contributed by atoms with E-state index in [4.69, 9.17) is 9.47 Å². The molecule has 0 fully saturated rings. The molecule has 1 N–H and O–H groups in total. The number of nitrogens with one attached hydrogen (secondary N) is 1. The van der Waals surface area contributed by atoms with Crippen molar-refractivity contribution in [1.82, 2.24) is 10.2 Å². The minimum atomic E-state index is -0.0899. The summed E-state index contributed by atoms with van der Waals surface area (Å²) in [7, 11) is 0. The highest BCUT2D eigenvalue weighted by Crippen LogP contribution is 2.36. The second-order valence-corrected chi connectivity index (χ2v) is 5.93. The van der Waals surface area contributed by atoms with Gasteiger partial charge in [0.25, 0.3) is 0 Å². The molecule has 1 unspecified atom stereocenters. The average molecular weight is 305 g/mol. The van der Waals surface area contributed by atoms with Gasteiger partial charge in [0, 0.05) is 13.0 Å². The van der Waals surface area contributed by atoms with Gasteiger partial charge in [0.2, 0.25) is 5.13 Å². The molecule has 2 heterocycles. The van der Waals surface area contributed by atoms with Gasteiger partial charge in [-0.25, -0.2) is 0 Å². The first-order valence-corrected chi connectivity index (χ1v) is 8.14. The molecule has 0 spiro atoms. The molecule has 0 aliphatic carbocycles. The van der Waals surface area contributed by atoms with Crippen LogP contribution in [0, 0.1) is 0 Å². The Morgan fingerprint density at radius 3 is 3.00 bits per heavy atom. The number of benzene rings is 1. The maximum atomic E-state index is 6.04. The molecule has 21 heavy (non-hydrogen) atoms. The van der Waals surface area contributed by atoms with Gasteiger partial charge >= 0.3 is 0 Å². The van der Waals surface area contributed by atoms with Crippen LogP contribution in [-0.2, 0) is 0 Å². The summed E-state index contributed by atoms with van der Waals surface area (Å²) < 4.78 is 11.7. The van der Waals surface area contributed by atoms with Gasteiger partial charge in [0.05, 0.1) is 6.61 Å². The molecule has 1 aliphatic heterocycles. The highest BCUT2D eigenvalue weighted by atomic mass is 32.1. The third-order valence-electron chi connectivity index (χ3n) is 3.28. The van der Waals surface area contributed by atoms with Crippen LogP contribution in [0.2, 0.25) is 0 Å². The molecule has 5 nitrogen and oxygen atoms in total. The van der Waals surface area contributed by atoms with E-state index in [1.165, 1.54) is 6.42 Å². The number of para-hydroxylation sites is 2. The molecule has 1 aromatic carbocycles. The molecule has 2 aromatic rings. The Morgan fingerprint density at radius 1 is 1.29 bits per heavy atom. The molecule has 6 heteroatoms. The van der Waals surface area contributed by atoms with Crippen molar-refractivity contribution in [2.75, 3.05) is 18.5 Å². The number of hydrogen-bond acceptors (Lipinski definition) is 6. The summed E-state index contributed by atoms with van der Waals surface area (Å²) in [6.45, 7) is 3.73. The molecule has 0 saturated carbocycles. The number of fused-ring (bicyclic) bond motifs is 1. The molecule has 0 saturated heterocycles. The highest BCUT2D eigenvalue weighted by Gasteiger charge is 2.23. The topological polar surface area (TPSA) is 56.3 Å². The third-order valence-corrected chi connectivity index (χ3v) is 4.25. The first-order valence-electron chi connectivity index (χ1n) is 7.32. The van der Waals surface area contributed by atoms with Gasteiger partial charge in [0.15, 0.2) is 22.6 Å². The van der Waals surface area contributed by atoms with Gasteiger partial charge in [-0.3, -0.25) is 0 Å². The molecule has 0 bridgehead atoms. The van der Waals surface area contributed by atoms with E-state index in [9.17, 15) is 0 Å².